The van der Waals surface area contributed by atoms with Crippen LogP contribution in [0, 0.1) is 6.92 Å². The van der Waals surface area contributed by atoms with Crippen molar-refractivity contribution < 1.29 is 4.79 Å². The molecule has 0 aliphatic rings. The molecule has 2 aromatic rings. The first-order valence-electron chi connectivity index (χ1n) is 5.23. The Morgan fingerprint density at radius 1 is 1.56 bits per heavy atom. The fourth-order valence-electron chi connectivity index (χ4n) is 1.54. The molecule has 0 saturated heterocycles. The predicted octanol–water partition coefficient (Wildman–Crippen LogP) is 2.96. The summed E-state index contributed by atoms with van der Waals surface area (Å²) < 4.78 is 0. The number of halogens is 1. The second-order valence-electron chi connectivity index (χ2n) is 3.86. The molecule has 0 saturated carbocycles. The number of aromatic nitrogens is 1. The molecule has 0 atom stereocenters. The Bertz CT molecular complexity index is 597. The first-order valence-corrected chi connectivity index (χ1v) is 6.49. The van der Waals surface area contributed by atoms with Crippen molar-refractivity contribution in [3.05, 3.63) is 39.3 Å². The first-order chi connectivity index (χ1) is 8.52. The third-order valence-corrected chi connectivity index (χ3v) is 4.27. The number of amides is 1. The fourth-order valence-corrected chi connectivity index (χ4v) is 2.79. The summed E-state index contributed by atoms with van der Waals surface area (Å²) in [5.41, 5.74) is 7.78. The van der Waals surface area contributed by atoms with E-state index in [4.69, 9.17) is 17.3 Å². The van der Waals surface area contributed by atoms with E-state index in [1.807, 2.05) is 12.3 Å². The molecule has 0 spiro atoms. The summed E-state index contributed by atoms with van der Waals surface area (Å²) in [4.78, 5) is 18.2. The van der Waals surface area contributed by atoms with E-state index in [1.54, 1.807) is 19.3 Å². The average Bonchev–Trinajstić information content (AvgIpc) is 2.69. The molecular formula is C12H12ClN3OS. The van der Waals surface area contributed by atoms with Crippen LogP contribution in [0.4, 0.5) is 11.4 Å². The van der Waals surface area contributed by atoms with E-state index in [0.717, 1.165) is 5.56 Å². The van der Waals surface area contributed by atoms with E-state index in [9.17, 15) is 4.79 Å². The van der Waals surface area contributed by atoms with E-state index in [-0.39, 0.29) is 5.91 Å². The number of nitrogen functional groups attached to an aromatic ring is 1. The maximum Gasteiger partial charge on any atom is 0.269 e. The van der Waals surface area contributed by atoms with Gasteiger partial charge in [-0.1, -0.05) is 11.6 Å². The number of hydrogen-bond acceptors (Lipinski definition) is 4. The number of nitrogens with zero attached hydrogens (tertiary/aromatic N) is 2. The number of rotatable bonds is 2. The number of thiophene rings is 1. The molecule has 0 radical (unpaired) electrons. The monoisotopic (exact) mass is 281 g/mol. The molecule has 2 N–H and O–H groups in total. The summed E-state index contributed by atoms with van der Waals surface area (Å²) >= 11 is 7.43. The second-order valence-corrected chi connectivity index (χ2v) is 5.12. The zero-order valence-electron chi connectivity index (χ0n) is 9.98. The van der Waals surface area contributed by atoms with Crippen LogP contribution in [0.3, 0.4) is 0 Å². The van der Waals surface area contributed by atoms with Gasteiger partial charge in [0.05, 0.1) is 22.6 Å². The Balaban J connectivity index is 2.35. The smallest absolute Gasteiger partial charge is 0.269 e. The van der Waals surface area contributed by atoms with Crippen molar-refractivity contribution in [3.8, 4) is 0 Å². The lowest BCUT2D eigenvalue weighted by Gasteiger charge is -2.18. The van der Waals surface area contributed by atoms with Crippen LogP contribution in [-0.2, 0) is 0 Å². The summed E-state index contributed by atoms with van der Waals surface area (Å²) in [5.74, 6) is -0.170. The third-order valence-electron chi connectivity index (χ3n) is 2.59. The minimum absolute atomic E-state index is 0.170. The Morgan fingerprint density at radius 2 is 2.28 bits per heavy atom. The molecule has 2 heterocycles. The summed E-state index contributed by atoms with van der Waals surface area (Å²) in [7, 11) is 1.67. The normalized spacial score (nSPS) is 10.4. The van der Waals surface area contributed by atoms with Gasteiger partial charge in [-0.2, -0.15) is 0 Å². The van der Waals surface area contributed by atoms with Crippen molar-refractivity contribution in [1.29, 1.82) is 0 Å². The van der Waals surface area contributed by atoms with Gasteiger partial charge in [0.15, 0.2) is 0 Å². The van der Waals surface area contributed by atoms with Crippen molar-refractivity contribution in [1.82, 2.24) is 4.98 Å². The van der Waals surface area contributed by atoms with Crippen LogP contribution < -0.4 is 10.6 Å². The van der Waals surface area contributed by atoms with Gasteiger partial charge >= 0.3 is 0 Å². The molecule has 0 unspecified atom stereocenters. The maximum atomic E-state index is 12.3. The highest BCUT2D eigenvalue weighted by Crippen LogP contribution is 2.30. The summed E-state index contributed by atoms with van der Waals surface area (Å²) in [5, 5.41) is 2.36. The molecule has 0 aliphatic heterocycles. The van der Waals surface area contributed by atoms with Gasteiger partial charge < -0.3 is 10.6 Å². The molecule has 0 aliphatic carbocycles. The Hall–Kier alpha value is -1.59. The zero-order chi connectivity index (χ0) is 13.3. The van der Waals surface area contributed by atoms with Crippen LogP contribution in [0.15, 0.2) is 23.8 Å². The van der Waals surface area contributed by atoms with E-state index in [2.05, 4.69) is 4.98 Å². The van der Waals surface area contributed by atoms with Crippen LogP contribution in [0.1, 0.15) is 15.2 Å². The average molecular weight is 282 g/mol. The number of pyridine rings is 1. The van der Waals surface area contributed by atoms with E-state index >= 15 is 0 Å². The minimum atomic E-state index is -0.170. The van der Waals surface area contributed by atoms with Crippen LogP contribution in [0.25, 0.3) is 0 Å². The molecule has 18 heavy (non-hydrogen) atoms. The Labute approximate surface area is 114 Å². The van der Waals surface area contributed by atoms with Gasteiger partial charge in [-0.25, -0.2) is 0 Å². The highest BCUT2D eigenvalue weighted by atomic mass is 35.5. The van der Waals surface area contributed by atoms with E-state index in [1.165, 1.54) is 22.4 Å². The number of nitrogens with two attached hydrogens (primary N) is 1. The highest BCUT2D eigenvalue weighted by Gasteiger charge is 2.20. The van der Waals surface area contributed by atoms with Gasteiger partial charge in [0, 0.05) is 13.2 Å². The van der Waals surface area contributed by atoms with Crippen molar-refractivity contribution in [3.63, 3.8) is 0 Å². The maximum absolute atomic E-state index is 12.3. The van der Waals surface area contributed by atoms with Gasteiger partial charge in [-0.05, 0) is 23.9 Å². The number of anilines is 2. The summed E-state index contributed by atoms with van der Waals surface area (Å²) in [6, 6.07) is 1.70. The largest absolute Gasteiger partial charge is 0.396 e. The lowest BCUT2D eigenvalue weighted by atomic mass is 10.3. The first kappa shape index (κ1) is 12.9. The Kier molecular flexibility index (Phi) is 3.54. The molecule has 94 valence electrons. The van der Waals surface area contributed by atoms with Crippen molar-refractivity contribution in [2.24, 2.45) is 0 Å². The predicted molar refractivity (Wildman–Crippen MR) is 75.4 cm³/mol. The molecule has 2 aromatic heterocycles. The van der Waals surface area contributed by atoms with Crippen LogP contribution >= 0.6 is 22.9 Å². The third kappa shape index (κ3) is 2.19. The quantitative estimate of drug-likeness (QED) is 0.921. The molecule has 2 rings (SSSR count). The molecule has 0 fully saturated rings. The van der Waals surface area contributed by atoms with E-state index in [0.29, 0.717) is 21.3 Å². The SMILES string of the molecule is Cc1csc(C(=O)N(C)c2ccncc2N)c1Cl. The molecular weight excluding hydrogens is 270 g/mol. The molecule has 1 amide bonds. The van der Waals surface area contributed by atoms with Gasteiger partial charge in [0.2, 0.25) is 0 Å². The van der Waals surface area contributed by atoms with E-state index < -0.39 is 0 Å². The summed E-state index contributed by atoms with van der Waals surface area (Å²) in [6.45, 7) is 1.87. The second kappa shape index (κ2) is 4.96. The van der Waals surface area contributed by atoms with Gasteiger partial charge in [0.1, 0.15) is 4.88 Å². The van der Waals surface area contributed by atoms with Crippen molar-refractivity contribution in [2.75, 3.05) is 17.7 Å². The number of aryl methyl sites for hydroxylation is 1. The van der Waals surface area contributed by atoms with Gasteiger partial charge in [0.25, 0.3) is 5.91 Å². The standard InChI is InChI=1S/C12H12ClN3OS/c1-7-6-18-11(10(7)13)12(17)16(2)9-3-4-15-5-8(9)14/h3-6H,14H2,1-2H3. The molecule has 6 heteroatoms. The molecule has 0 bridgehead atoms. The Morgan fingerprint density at radius 3 is 2.83 bits per heavy atom. The molecule has 4 nitrogen and oxygen atoms in total. The number of carbonyl (C=O) groups excluding carboxylic acids is 1. The van der Waals surface area contributed by atoms with Gasteiger partial charge in [-0.3, -0.25) is 9.78 Å². The molecule has 0 aromatic carbocycles. The van der Waals surface area contributed by atoms with Crippen molar-refractivity contribution in [2.45, 2.75) is 6.92 Å². The topological polar surface area (TPSA) is 59.2 Å². The van der Waals surface area contributed by atoms with Crippen LogP contribution in [0.2, 0.25) is 5.02 Å². The van der Waals surface area contributed by atoms with Crippen LogP contribution in [-0.4, -0.2) is 17.9 Å². The lowest BCUT2D eigenvalue weighted by Crippen LogP contribution is -2.26. The summed E-state index contributed by atoms with van der Waals surface area (Å²) in [6.07, 6.45) is 3.11. The lowest BCUT2D eigenvalue weighted by molar-refractivity contribution is 0.0997. The van der Waals surface area contributed by atoms with Crippen LogP contribution in [0.5, 0.6) is 0 Å². The number of hydrogen-bond donors (Lipinski definition) is 1. The number of carbonyl (C=O) groups is 1. The van der Waals surface area contributed by atoms with Gasteiger partial charge in [-0.15, -0.1) is 11.3 Å². The minimum Gasteiger partial charge on any atom is -0.396 e. The van der Waals surface area contributed by atoms with Crippen molar-refractivity contribution >= 4 is 40.2 Å². The fraction of sp³-hybridized carbons (Fsp3) is 0.167. The highest BCUT2D eigenvalue weighted by molar-refractivity contribution is 7.13. The zero-order valence-corrected chi connectivity index (χ0v) is 11.5.